The van der Waals surface area contributed by atoms with Gasteiger partial charge in [0.15, 0.2) is 0 Å². The average molecular weight is 320 g/mol. The van der Waals surface area contributed by atoms with Crippen molar-refractivity contribution in [3.05, 3.63) is 66.4 Å². The number of benzene rings is 2. The van der Waals surface area contributed by atoms with Gasteiger partial charge in [0.25, 0.3) is 0 Å². The lowest BCUT2D eigenvalue weighted by Gasteiger charge is -2.26. The minimum atomic E-state index is -0.865. The summed E-state index contributed by atoms with van der Waals surface area (Å²) in [4.78, 5) is 4.51. The molecule has 2 aromatic carbocycles. The number of piperidine rings is 1. The zero-order valence-electron chi connectivity index (χ0n) is 13.6. The summed E-state index contributed by atoms with van der Waals surface area (Å²) >= 11 is 0. The maximum Gasteiger partial charge on any atom is 0.128 e. The second-order valence-electron chi connectivity index (χ2n) is 6.53. The molecule has 1 aliphatic heterocycles. The number of para-hydroxylation sites is 1. The molecule has 0 bridgehead atoms. The van der Waals surface area contributed by atoms with E-state index in [4.69, 9.17) is 0 Å². The fourth-order valence-electron chi connectivity index (χ4n) is 3.50. The molecule has 0 spiro atoms. The fraction of sp³-hybridized carbons (Fsp3) is 0.286. The first-order chi connectivity index (χ1) is 11.8. The first kappa shape index (κ1) is 15.3. The van der Waals surface area contributed by atoms with Gasteiger partial charge in [-0.3, -0.25) is 4.98 Å². The maximum atomic E-state index is 14.7. The zero-order valence-corrected chi connectivity index (χ0v) is 13.6. The van der Waals surface area contributed by atoms with Crippen molar-refractivity contribution < 1.29 is 4.39 Å². The summed E-state index contributed by atoms with van der Waals surface area (Å²) in [6, 6.07) is 18.1. The number of rotatable bonds is 3. The fourth-order valence-corrected chi connectivity index (χ4v) is 3.50. The molecule has 1 N–H and O–H groups in total. The van der Waals surface area contributed by atoms with Gasteiger partial charge in [0.2, 0.25) is 0 Å². The van der Waals surface area contributed by atoms with Gasteiger partial charge in [-0.2, -0.15) is 0 Å². The summed E-state index contributed by atoms with van der Waals surface area (Å²) in [6.45, 7) is 1.85. The molecule has 2 nitrogen and oxygen atoms in total. The van der Waals surface area contributed by atoms with Crippen LogP contribution < -0.4 is 5.32 Å². The zero-order chi connectivity index (χ0) is 16.4. The number of hydrogen-bond acceptors (Lipinski definition) is 2. The van der Waals surface area contributed by atoms with Gasteiger partial charge in [-0.1, -0.05) is 42.5 Å². The Labute approximate surface area is 141 Å². The van der Waals surface area contributed by atoms with Gasteiger partial charge in [-0.15, -0.1) is 0 Å². The summed E-state index contributed by atoms with van der Waals surface area (Å²) in [5.41, 5.74) is 3.93. The predicted octanol–water partition coefficient (Wildman–Crippen LogP) is 4.91. The summed E-state index contributed by atoms with van der Waals surface area (Å²) in [5.74, 6) is 0.138. The average Bonchev–Trinajstić information content (AvgIpc) is 2.68. The number of halogens is 1. The van der Waals surface area contributed by atoms with Crippen LogP contribution in [0.4, 0.5) is 4.39 Å². The van der Waals surface area contributed by atoms with Crippen LogP contribution >= 0.6 is 0 Å². The quantitative estimate of drug-likeness (QED) is 0.741. The van der Waals surface area contributed by atoms with E-state index < -0.39 is 6.17 Å². The van der Waals surface area contributed by atoms with E-state index in [1.807, 2.05) is 48.7 Å². The Balaban J connectivity index is 1.58. The van der Waals surface area contributed by atoms with Gasteiger partial charge in [0.1, 0.15) is 6.17 Å². The van der Waals surface area contributed by atoms with Crippen LogP contribution in [0.2, 0.25) is 0 Å². The highest BCUT2D eigenvalue weighted by Crippen LogP contribution is 2.33. The van der Waals surface area contributed by atoms with Crippen molar-refractivity contribution >= 4 is 10.9 Å². The first-order valence-corrected chi connectivity index (χ1v) is 8.61. The maximum absolute atomic E-state index is 14.7. The number of alkyl halides is 1. The molecule has 4 rings (SSSR count). The largest absolute Gasteiger partial charge is 0.317 e. The molecule has 0 amide bonds. The molecule has 1 fully saturated rings. The molecule has 1 saturated heterocycles. The third kappa shape index (κ3) is 3.04. The van der Waals surface area contributed by atoms with Crippen LogP contribution in [0.15, 0.2) is 60.8 Å². The molecular formula is C21H21FN2. The highest BCUT2D eigenvalue weighted by molar-refractivity contribution is 5.83. The molecule has 0 aliphatic carbocycles. The van der Waals surface area contributed by atoms with Crippen molar-refractivity contribution in [3.63, 3.8) is 0 Å². The van der Waals surface area contributed by atoms with Gasteiger partial charge in [0.05, 0.1) is 5.52 Å². The standard InChI is InChI=1S/C21H21FN2/c22-21(17-9-11-23-12-10-17)16-7-5-15(6-8-16)19-13-18-3-1-2-4-20(18)24-14-19/h1-8,13-14,17,21,23H,9-12H2. The molecule has 24 heavy (non-hydrogen) atoms. The van der Waals surface area contributed by atoms with Crippen molar-refractivity contribution in [2.75, 3.05) is 13.1 Å². The van der Waals surface area contributed by atoms with E-state index in [-0.39, 0.29) is 5.92 Å². The second kappa shape index (κ2) is 6.70. The number of aromatic nitrogens is 1. The summed E-state index contributed by atoms with van der Waals surface area (Å²) < 4.78 is 14.7. The normalized spacial score (nSPS) is 17.0. The second-order valence-corrected chi connectivity index (χ2v) is 6.53. The molecule has 0 saturated carbocycles. The molecule has 3 heteroatoms. The molecule has 1 aromatic heterocycles. The van der Waals surface area contributed by atoms with Crippen molar-refractivity contribution in [2.45, 2.75) is 19.0 Å². The first-order valence-electron chi connectivity index (χ1n) is 8.61. The van der Waals surface area contributed by atoms with Gasteiger partial charge < -0.3 is 5.32 Å². The summed E-state index contributed by atoms with van der Waals surface area (Å²) in [7, 11) is 0. The van der Waals surface area contributed by atoms with Crippen LogP contribution in [0.1, 0.15) is 24.6 Å². The van der Waals surface area contributed by atoms with Crippen LogP contribution in [0.25, 0.3) is 22.0 Å². The molecular weight excluding hydrogens is 299 g/mol. The van der Waals surface area contributed by atoms with Crippen LogP contribution in [-0.2, 0) is 0 Å². The summed E-state index contributed by atoms with van der Waals surface area (Å²) in [5, 5.41) is 4.41. The Morgan fingerprint density at radius 3 is 2.50 bits per heavy atom. The Hall–Kier alpha value is -2.26. The van der Waals surface area contributed by atoms with E-state index in [1.54, 1.807) is 0 Å². The number of pyridine rings is 1. The minimum absolute atomic E-state index is 0.138. The Kier molecular flexibility index (Phi) is 4.26. The molecule has 3 aromatic rings. The van der Waals surface area contributed by atoms with Crippen LogP contribution in [0.5, 0.6) is 0 Å². The Morgan fingerprint density at radius 2 is 1.71 bits per heavy atom. The van der Waals surface area contributed by atoms with E-state index in [0.29, 0.717) is 0 Å². The summed E-state index contributed by atoms with van der Waals surface area (Å²) in [6.07, 6.45) is 2.85. The van der Waals surface area contributed by atoms with Crippen LogP contribution in [-0.4, -0.2) is 18.1 Å². The number of fused-ring (bicyclic) bond motifs is 1. The molecule has 2 heterocycles. The molecule has 1 atom stereocenters. The minimum Gasteiger partial charge on any atom is -0.317 e. The molecule has 1 aliphatic rings. The van der Waals surface area contributed by atoms with Crippen molar-refractivity contribution in [2.24, 2.45) is 5.92 Å². The van der Waals surface area contributed by atoms with Crippen LogP contribution in [0.3, 0.4) is 0 Å². The van der Waals surface area contributed by atoms with Gasteiger partial charge in [-0.05, 0) is 55.1 Å². The smallest absolute Gasteiger partial charge is 0.128 e. The lowest BCUT2D eigenvalue weighted by Crippen LogP contribution is -2.29. The number of nitrogens with one attached hydrogen (secondary N) is 1. The Morgan fingerprint density at radius 1 is 0.958 bits per heavy atom. The van der Waals surface area contributed by atoms with Crippen molar-refractivity contribution in [1.29, 1.82) is 0 Å². The van der Waals surface area contributed by atoms with Crippen LogP contribution in [0, 0.1) is 5.92 Å². The van der Waals surface area contributed by atoms with Crippen molar-refractivity contribution in [3.8, 4) is 11.1 Å². The van der Waals surface area contributed by atoms with E-state index >= 15 is 0 Å². The number of nitrogens with zero attached hydrogens (tertiary/aromatic N) is 1. The predicted molar refractivity (Wildman–Crippen MR) is 96.6 cm³/mol. The monoisotopic (exact) mass is 320 g/mol. The number of hydrogen-bond donors (Lipinski definition) is 1. The van der Waals surface area contributed by atoms with E-state index in [9.17, 15) is 4.39 Å². The van der Waals surface area contributed by atoms with E-state index in [1.165, 1.54) is 0 Å². The Bertz CT molecular complexity index is 823. The highest BCUT2D eigenvalue weighted by Gasteiger charge is 2.24. The highest BCUT2D eigenvalue weighted by atomic mass is 19.1. The van der Waals surface area contributed by atoms with Gasteiger partial charge >= 0.3 is 0 Å². The van der Waals surface area contributed by atoms with Gasteiger partial charge in [0, 0.05) is 17.1 Å². The molecule has 1 unspecified atom stereocenters. The third-order valence-electron chi connectivity index (χ3n) is 4.95. The van der Waals surface area contributed by atoms with E-state index in [2.05, 4.69) is 22.4 Å². The topological polar surface area (TPSA) is 24.9 Å². The van der Waals surface area contributed by atoms with Crippen molar-refractivity contribution in [1.82, 2.24) is 10.3 Å². The lowest BCUT2D eigenvalue weighted by atomic mass is 9.88. The molecule has 122 valence electrons. The lowest BCUT2D eigenvalue weighted by molar-refractivity contribution is 0.190. The van der Waals surface area contributed by atoms with E-state index in [0.717, 1.165) is 53.5 Å². The SMILES string of the molecule is FC(c1ccc(-c2cnc3ccccc3c2)cc1)C1CCNCC1. The molecule has 0 radical (unpaired) electrons. The van der Waals surface area contributed by atoms with Gasteiger partial charge in [-0.25, -0.2) is 4.39 Å². The third-order valence-corrected chi connectivity index (χ3v) is 4.95.